The third kappa shape index (κ3) is 12.5. The summed E-state index contributed by atoms with van der Waals surface area (Å²) in [6, 6.07) is 7.74. The topological polar surface area (TPSA) is 119 Å². The second kappa shape index (κ2) is 11.5. The predicted molar refractivity (Wildman–Crippen MR) is 69.6 cm³/mol. The van der Waals surface area contributed by atoms with E-state index in [0.717, 1.165) is 11.0 Å². The maximum Gasteiger partial charge on any atom is 0.112 e. The summed E-state index contributed by atoms with van der Waals surface area (Å²) in [7, 11) is -4.64. The molecule has 11 heteroatoms. The fourth-order valence-electron chi connectivity index (χ4n) is 0.788. The van der Waals surface area contributed by atoms with E-state index in [9.17, 15) is 0 Å². The molecule has 2 aromatic rings. The zero-order valence-electron chi connectivity index (χ0n) is 6.90. The number of benzene rings is 1. The Balaban J connectivity index is -0.000000222. The smallest absolute Gasteiger partial charge is 0.112 e. The second-order valence-electron chi connectivity index (χ2n) is 2.34. The minimum Gasteiger partial charge on any atom is -0.258 e. The summed E-state index contributed by atoms with van der Waals surface area (Å²) in [6.07, 6.45) is 0. The van der Waals surface area contributed by atoms with Gasteiger partial charge in [0.1, 0.15) is 5.52 Å². The van der Waals surface area contributed by atoms with Crippen LogP contribution in [-0.2, 0) is 4.57 Å². The van der Waals surface area contributed by atoms with Crippen LogP contribution in [0.5, 0.6) is 0 Å². The minimum absolute atomic E-state index is 0. The summed E-state index contributed by atoms with van der Waals surface area (Å²) in [5, 5.41) is 10.2. The summed E-state index contributed by atoms with van der Waals surface area (Å²) in [6.45, 7) is 0. The molecule has 1 aromatic heterocycles. The van der Waals surface area contributed by atoms with Crippen molar-refractivity contribution in [2.45, 2.75) is 0 Å². The molecule has 7 nitrogen and oxygen atoms in total. The molecule has 2 rings (SSSR count). The van der Waals surface area contributed by atoms with Gasteiger partial charge in [-0.15, -0.1) is 5.10 Å². The Kier molecular flexibility index (Phi) is 16.2. The second-order valence-corrected chi connectivity index (χ2v) is 3.37. The van der Waals surface area contributed by atoms with Gasteiger partial charge in [-0.3, -0.25) is 5.10 Å². The van der Waals surface area contributed by atoms with Crippen LogP contribution in [0.2, 0.25) is 0 Å². The molecule has 82 valence electrons. The van der Waals surface area contributed by atoms with Gasteiger partial charge in [-0.25, -0.2) is 4.57 Å². The molecular weight excluding hydrogens is 278 g/mol. The van der Waals surface area contributed by atoms with Crippen LogP contribution in [0, 0.1) is 0 Å². The fourth-order valence-corrected chi connectivity index (χ4v) is 0.788. The van der Waals surface area contributed by atoms with Crippen molar-refractivity contribution in [3.05, 3.63) is 24.3 Å². The normalized spacial score (nSPS) is 8.88. The van der Waals surface area contributed by atoms with Crippen molar-refractivity contribution < 1.29 is 19.2 Å². The number of aromatic nitrogens is 3. The molecule has 0 spiro atoms. The molecular formula is C6H11N3Na3O4P. The summed E-state index contributed by atoms with van der Waals surface area (Å²) in [5.74, 6) is 0. The monoisotopic (exact) mass is 289 g/mol. The Hall–Kier alpha value is 1.73. The number of phosphoric acid groups is 1. The molecule has 0 radical (unpaired) electrons. The van der Waals surface area contributed by atoms with Crippen LogP contribution < -0.4 is 0 Å². The summed E-state index contributed by atoms with van der Waals surface area (Å²) in [5.41, 5.74) is 1.90. The van der Waals surface area contributed by atoms with E-state index in [0.29, 0.717) is 0 Å². The molecule has 1 heterocycles. The fraction of sp³-hybridized carbons (Fsp3) is 0. The van der Waals surface area contributed by atoms with Crippen molar-refractivity contribution in [2.75, 3.05) is 0 Å². The largest absolute Gasteiger partial charge is 0.258 e. The Morgan fingerprint density at radius 2 is 1.53 bits per heavy atom. The standard InChI is InChI=1S/C6H5N3.3Na.H3O4P.3H/c1-2-4-6-5(3-1)7-9-8-6;;;;1-5(2,3)4;;;/h1-4H,(H,7,8,9);;;;(H3,1,2,3,4);;;. The van der Waals surface area contributed by atoms with Crippen LogP contribution in [0.25, 0.3) is 11.0 Å². The van der Waals surface area contributed by atoms with Crippen molar-refractivity contribution in [1.29, 1.82) is 0 Å². The van der Waals surface area contributed by atoms with Gasteiger partial charge in [-0.05, 0) is 12.1 Å². The van der Waals surface area contributed by atoms with E-state index in [2.05, 4.69) is 15.4 Å². The summed E-state index contributed by atoms with van der Waals surface area (Å²) < 4.78 is 8.88. The molecule has 0 saturated heterocycles. The molecule has 0 aliphatic carbocycles. The number of nitrogens with one attached hydrogen (secondary N) is 1. The van der Waals surface area contributed by atoms with Gasteiger partial charge >= 0.3 is 96.5 Å². The van der Waals surface area contributed by atoms with Crippen LogP contribution in [0.3, 0.4) is 0 Å². The molecule has 0 saturated carbocycles. The first-order valence-corrected chi connectivity index (χ1v) is 5.07. The molecule has 0 atom stereocenters. The van der Waals surface area contributed by atoms with Gasteiger partial charge in [0.2, 0.25) is 0 Å². The average Bonchev–Trinajstić information content (AvgIpc) is 2.47. The maximum atomic E-state index is 8.88. The van der Waals surface area contributed by atoms with E-state index in [1.165, 1.54) is 0 Å². The van der Waals surface area contributed by atoms with Gasteiger partial charge < -0.3 is 14.7 Å². The molecule has 1 aromatic carbocycles. The van der Waals surface area contributed by atoms with Crippen molar-refractivity contribution in [3.63, 3.8) is 0 Å². The molecule has 0 unspecified atom stereocenters. The first kappa shape index (κ1) is 23.8. The molecule has 0 aliphatic heterocycles. The van der Waals surface area contributed by atoms with Gasteiger partial charge in [0.25, 0.3) is 0 Å². The first-order chi connectivity index (χ1) is 6.47. The zero-order chi connectivity index (χ0) is 10.6. The summed E-state index contributed by atoms with van der Waals surface area (Å²) in [4.78, 5) is 21.6. The van der Waals surface area contributed by atoms with Gasteiger partial charge in [0, 0.05) is 0 Å². The SMILES string of the molecule is O=P(O)(O)O.[NaH].[NaH].[NaH].c1ccc2[nH]nnc2c1. The Morgan fingerprint density at radius 3 is 2.00 bits per heavy atom. The number of hydrogen-bond donors (Lipinski definition) is 4. The van der Waals surface area contributed by atoms with Gasteiger partial charge in [0.05, 0.1) is 5.52 Å². The van der Waals surface area contributed by atoms with E-state index < -0.39 is 7.82 Å². The zero-order valence-corrected chi connectivity index (χ0v) is 7.80. The maximum absolute atomic E-state index is 8.88. The van der Waals surface area contributed by atoms with Crippen LogP contribution in [0.4, 0.5) is 0 Å². The summed E-state index contributed by atoms with van der Waals surface area (Å²) >= 11 is 0. The van der Waals surface area contributed by atoms with Crippen LogP contribution in [0.1, 0.15) is 0 Å². The Morgan fingerprint density at radius 1 is 1.06 bits per heavy atom. The van der Waals surface area contributed by atoms with E-state index in [-0.39, 0.29) is 88.7 Å². The minimum atomic E-state index is -4.64. The Bertz CT molecular complexity index is 424. The number of para-hydroxylation sites is 1. The van der Waals surface area contributed by atoms with Gasteiger partial charge in [-0.2, -0.15) is 0 Å². The van der Waals surface area contributed by atoms with Gasteiger partial charge in [0.15, 0.2) is 0 Å². The molecule has 17 heavy (non-hydrogen) atoms. The Labute approximate surface area is 164 Å². The van der Waals surface area contributed by atoms with Crippen LogP contribution in [-0.4, -0.2) is 119 Å². The number of rotatable bonds is 0. The quantitative estimate of drug-likeness (QED) is 0.332. The van der Waals surface area contributed by atoms with Crippen LogP contribution in [0.15, 0.2) is 24.3 Å². The van der Waals surface area contributed by atoms with Gasteiger partial charge in [-0.1, -0.05) is 17.3 Å². The number of fused-ring (bicyclic) bond motifs is 1. The number of hydrogen-bond acceptors (Lipinski definition) is 3. The van der Waals surface area contributed by atoms with Crippen molar-refractivity contribution in [1.82, 2.24) is 15.4 Å². The van der Waals surface area contributed by atoms with E-state index >= 15 is 0 Å². The number of H-pyrrole nitrogens is 1. The first-order valence-electron chi connectivity index (χ1n) is 3.51. The van der Waals surface area contributed by atoms with Crippen molar-refractivity contribution >= 4 is 108 Å². The van der Waals surface area contributed by atoms with Crippen LogP contribution >= 0.6 is 7.82 Å². The molecule has 0 bridgehead atoms. The molecule has 0 fully saturated rings. The van der Waals surface area contributed by atoms with Crippen molar-refractivity contribution in [3.8, 4) is 0 Å². The van der Waals surface area contributed by atoms with Crippen molar-refractivity contribution in [2.24, 2.45) is 0 Å². The molecule has 4 N–H and O–H groups in total. The van der Waals surface area contributed by atoms with E-state index in [1.807, 2.05) is 24.3 Å². The number of nitrogens with zero attached hydrogens (tertiary/aromatic N) is 2. The average molecular weight is 289 g/mol. The molecule has 0 amide bonds. The number of aromatic amines is 1. The van der Waals surface area contributed by atoms with E-state index in [1.54, 1.807) is 0 Å². The molecule has 0 aliphatic rings. The predicted octanol–water partition coefficient (Wildman–Crippen LogP) is -1.92. The van der Waals surface area contributed by atoms with E-state index in [4.69, 9.17) is 19.2 Å². The third-order valence-corrected chi connectivity index (χ3v) is 1.23. The third-order valence-electron chi connectivity index (χ3n) is 1.23.